The molecule has 31 heavy (non-hydrogen) atoms. The van der Waals surface area contributed by atoms with Crippen molar-refractivity contribution >= 4 is 28.3 Å². The van der Waals surface area contributed by atoms with E-state index < -0.39 is 0 Å². The zero-order valence-electron chi connectivity index (χ0n) is 17.3. The second-order valence-corrected chi connectivity index (χ2v) is 8.24. The van der Waals surface area contributed by atoms with Crippen molar-refractivity contribution in [2.45, 2.75) is 19.3 Å². The molecule has 150 valence electrons. The summed E-state index contributed by atoms with van der Waals surface area (Å²) in [5.41, 5.74) is 7.77. The van der Waals surface area contributed by atoms with Crippen LogP contribution in [0.3, 0.4) is 0 Å². The Hall–Kier alpha value is -3.99. The number of pyridine rings is 2. The molecule has 4 heterocycles. The molecule has 1 aliphatic rings. The number of fused-ring (bicyclic) bond motifs is 3. The molecule has 2 aromatic carbocycles. The van der Waals surface area contributed by atoms with Crippen LogP contribution in [0.1, 0.15) is 25.0 Å². The number of nitrogens with zero attached hydrogens (tertiary/aromatic N) is 4. The van der Waals surface area contributed by atoms with Gasteiger partial charge in [0.25, 0.3) is 0 Å². The van der Waals surface area contributed by atoms with Gasteiger partial charge in [0.1, 0.15) is 11.2 Å². The number of para-hydroxylation sites is 2. The summed E-state index contributed by atoms with van der Waals surface area (Å²) < 4.78 is 5.78. The molecule has 5 aromatic rings. The maximum Gasteiger partial charge on any atom is 0.248 e. The van der Waals surface area contributed by atoms with E-state index in [9.17, 15) is 0 Å². The molecule has 0 saturated heterocycles. The first kappa shape index (κ1) is 17.8. The Labute approximate surface area is 180 Å². The minimum atomic E-state index is -0.0811. The van der Waals surface area contributed by atoms with Gasteiger partial charge in [0, 0.05) is 11.6 Å². The number of hydrogen-bond acceptors (Lipinski definition) is 5. The molecule has 0 aliphatic carbocycles. The number of oxazole rings is 1. The normalized spacial score (nSPS) is 14.3. The minimum Gasteiger partial charge on any atom is -0.416 e. The van der Waals surface area contributed by atoms with E-state index in [0.717, 1.165) is 11.2 Å². The van der Waals surface area contributed by atoms with Crippen molar-refractivity contribution in [1.29, 1.82) is 0 Å². The Morgan fingerprint density at radius 2 is 1.48 bits per heavy atom. The molecular formula is C26H20N4O. The fraction of sp³-hybridized carbons (Fsp3) is 0.115. The minimum absolute atomic E-state index is 0.0811. The molecule has 0 radical (unpaired) electrons. The fourth-order valence-corrected chi connectivity index (χ4v) is 4.47. The molecule has 0 saturated carbocycles. The summed E-state index contributed by atoms with van der Waals surface area (Å²) in [6, 6.07) is 24.9. The van der Waals surface area contributed by atoms with Crippen LogP contribution in [-0.2, 0) is 5.41 Å². The van der Waals surface area contributed by atoms with Crippen LogP contribution in [0.25, 0.3) is 22.8 Å². The van der Waals surface area contributed by atoms with Crippen molar-refractivity contribution in [3.05, 3.63) is 96.3 Å². The van der Waals surface area contributed by atoms with E-state index in [0.29, 0.717) is 17.3 Å². The second-order valence-electron chi connectivity index (χ2n) is 8.24. The lowest BCUT2D eigenvalue weighted by molar-refractivity contribution is 0.605. The SMILES string of the molecule is CC1(C)c2ccccc2N(c2ccc(-c3nc4cccnc4o3)nc2)c2ccccc21. The van der Waals surface area contributed by atoms with Gasteiger partial charge in [0.05, 0.1) is 23.3 Å². The summed E-state index contributed by atoms with van der Waals surface area (Å²) in [4.78, 5) is 15.7. The van der Waals surface area contributed by atoms with Crippen molar-refractivity contribution in [2.75, 3.05) is 4.90 Å². The van der Waals surface area contributed by atoms with Gasteiger partial charge in [-0.2, -0.15) is 0 Å². The van der Waals surface area contributed by atoms with Gasteiger partial charge in [0.2, 0.25) is 11.6 Å². The van der Waals surface area contributed by atoms with Gasteiger partial charge in [-0.25, -0.2) is 15.0 Å². The van der Waals surface area contributed by atoms with Gasteiger partial charge < -0.3 is 9.32 Å². The summed E-state index contributed by atoms with van der Waals surface area (Å²) in [5, 5.41) is 0. The van der Waals surface area contributed by atoms with E-state index >= 15 is 0 Å². The maximum absolute atomic E-state index is 5.78. The molecule has 5 heteroatoms. The Morgan fingerprint density at radius 1 is 0.774 bits per heavy atom. The van der Waals surface area contributed by atoms with Crippen LogP contribution in [-0.4, -0.2) is 15.0 Å². The van der Waals surface area contributed by atoms with Crippen molar-refractivity contribution < 1.29 is 4.42 Å². The van der Waals surface area contributed by atoms with Crippen LogP contribution < -0.4 is 4.90 Å². The van der Waals surface area contributed by atoms with E-state index in [4.69, 9.17) is 4.42 Å². The van der Waals surface area contributed by atoms with E-state index in [1.165, 1.54) is 22.5 Å². The van der Waals surface area contributed by atoms with Crippen LogP contribution in [0, 0.1) is 0 Å². The van der Waals surface area contributed by atoms with Gasteiger partial charge in [-0.1, -0.05) is 50.2 Å². The predicted molar refractivity (Wildman–Crippen MR) is 122 cm³/mol. The Bertz CT molecular complexity index is 1340. The summed E-state index contributed by atoms with van der Waals surface area (Å²) >= 11 is 0. The average molecular weight is 404 g/mol. The number of benzene rings is 2. The molecule has 3 aromatic heterocycles. The first-order chi connectivity index (χ1) is 15.1. The number of hydrogen-bond donors (Lipinski definition) is 0. The molecule has 0 spiro atoms. The van der Waals surface area contributed by atoms with Crippen LogP contribution in [0.15, 0.2) is 89.6 Å². The standard InChI is InChI=1S/C26H20N4O/c1-26(2)18-8-3-5-11-22(18)30(23-12-6-4-9-19(23)26)17-13-14-20(28-16-17)25-29-21-10-7-15-27-24(21)31-25/h3-16H,1-2H3. The molecular weight excluding hydrogens is 384 g/mol. The van der Waals surface area contributed by atoms with Gasteiger partial charge in [0.15, 0.2) is 0 Å². The third-order valence-corrected chi connectivity index (χ3v) is 6.03. The number of aromatic nitrogens is 3. The molecule has 0 atom stereocenters. The van der Waals surface area contributed by atoms with Crippen molar-refractivity contribution in [2.24, 2.45) is 0 Å². The van der Waals surface area contributed by atoms with E-state index in [2.05, 4.69) is 88.3 Å². The summed E-state index contributed by atoms with van der Waals surface area (Å²) in [5.74, 6) is 0.473. The lowest BCUT2D eigenvalue weighted by atomic mass is 9.73. The third-order valence-electron chi connectivity index (χ3n) is 6.03. The molecule has 0 N–H and O–H groups in total. The average Bonchev–Trinajstić information content (AvgIpc) is 3.24. The third kappa shape index (κ3) is 2.66. The Morgan fingerprint density at radius 3 is 2.13 bits per heavy atom. The molecule has 5 nitrogen and oxygen atoms in total. The summed E-state index contributed by atoms with van der Waals surface area (Å²) in [6.45, 7) is 4.56. The topological polar surface area (TPSA) is 55.1 Å². The maximum atomic E-state index is 5.78. The monoisotopic (exact) mass is 404 g/mol. The molecule has 0 amide bonds. The lowest BCUT2D eigenvalue weighted by Crippen LogP contribution is -2.30. The van der Waals surface area contributed by atoms with Gasteiger partial charge in [-0.15, -0.1) is 0 Å². The highest BCUT2D eigenvalue weighted by molar-refractivity contribution is 5.85. The molecule has 1 aliphatic heterocycles. The zero-order valence-corrected chi connectivity index (χ0v) is 17.3. The van der Waals surface area contributed by atoms with Gasteiger partial charge in [-0.3, -0.25) is 0 Å². The van der Waals surface area contributed by atoms with Crippen molar-refractivity contribution in [3.8, 4) is 11.6 Å². The van der Waals surface area contributed by atoms with Gasteiger partial charge >= 0.3 is 0 Å². The fourth-order valence-electron chi connectivity index (χ4n) is 4.47. The largest absolute Gasteiger partial charge is 0.416 e. The quantitative estimate of drug-likeness (QED) is 0.341. The van der Waals surface area contributed by atoms with Crippen molar-refractivity contribution in [3.63, 3.8) is 0 Å². The van der Waals surface area contributed by atoms with Crippen LogP contribution in [0.5, 0.6) is 0 Å². The molecule has 0 unspecified atom stereocenters. The molecule has 0 bridgehead atoms. The second kappa shape index (κ2) is 6.51. The van der Waals surface area contributed by atoms with Gasteiger partial charge in [-0.05, 0) is 47.5 Å². The summed E-state index contributed by atoms with van der Waals surface area (Å²) in [6.07, 6.45) is 3.57. The lowest BCUT2D eigenvalue weighted by Gasteiger charge is -2.41. The number of anilines is 3. The van der Waals surface area contributed by atoms with Crippen LogP contribution in [0.2, 0.25) is 0 Å². The highest BCUT2D eigenvalue weighted by Gasteiger charge is 2.36. The van der Waals surface area contributed by atoms with Crippen LogP contribution in [0.4, 0.5) is 17.1 Å². The summed E-state index contributed by atoms with van der Waals surface area (Å²) in [7, 11) is 0. The first-order valence-electron chi connectivity index (χ1n) is 10.3. The van der Waals surface area contributed by atoms with E-state index in [-0.39, 0.29) is 5.41 Å². The Balaban J connectivity index is 1.47. The zero-order chi connectivity index (χ0) is 21.0. The van der Waals surface area contributed by atoms with E-state index in [1.807, 2.05) is 24.4 Å². The first-order valence-corrected chi connectivity index (χ1v) is 10.3. The predicted octanol–water partition coefficient (Wildman–Crippen LogP) is 6.39. The van der Waals surface area contributed by atoms with E-state index in [1.54, 1.807) is 6.20 Å². The molecule has 6 rings (SSSR count). The van der Waals surface area contributed by atoms with Crippen LogP contribution >= 0.6 is 0 Å². The Kier molecular flexibility index (Phi) is 3.74. The van der Waals surface area contributed by atoms with Crippen molar-refractivity contribution in [1.82, 2.24) is 15.0 Å². The highest BCUT2D eigenvalue weighted by Crippen LogP contribution is 2.51. The molecule has 0 fully saturated rings. The highest BCUT2D eigenvalue weighted by atomic mass is 16.4. The number of rotatable bonds is 2. The smallest absolute Gasteiger partial charge is 0.248 e.